The third-order valence-corrected chi connectivity index (χ3v) is 5.99. The number of amides is 1. The van der Waals surface area contributed by atoms with Crippen LogP contribution in [0.2, 0.25) is 0 Å². The third kappa shape index (κ3) is 4.44. The van der Waals surface area contributed by atoms with E-state index in [-0.39, 0.29) is 11.3 Å². The van der Waals surface area contributed by atoms with Gasteiger partial charge >= 0.3 is 0 Å². The van der Waals surface area contributed by atoms with Crippen molar-refractivity contribution in [1.82, 2.24) is 9.88 Å². The fourth-order valence-corrected chi connectivity index (χ4v) is 4.28. The Morgan fingerprint density at radius 2 is 1.83 bits per heavy atom. The second kappa shape index (κ2) is 9.11. The highest BCUT2D eigenvalue weighted by molar-refractivity contribution is 7.22. The van der Waals surface area contributed by atoms with Crippen LogP contribution in [0.4, 0.5) is 10.8 Å². The van der Waals surface area contributed by atoms with Crippen LogP contribution in [0.3, 0.4) is 0 Å². The van der Waals surface area contributed by atoms with E-state index in [1.165, 1.54) is 23.5 Å². The largest absolute Gasteiger partial charge is 0.302 e. The summed E-state index contributed by atoms with van der Waals surface area (Å²) in [4.78, 5) is 32.8. The second-order valence-electron chi connectivity index (χ2n) is 6.68. The Kier molecular flexibility index (Phi) is 6.56. The number of anilines is 1. The Morgan fingerprint density at radius 3 is 2.48 bits per heavy atom. The summed E-state index contributed by atoms with van der Waals surface area (Å²) in [5.41, 5.74) is 1.78. The minimum atomic E-state index is -0.516. The van der Waals surface area contributed by atoms with E-state index in [1.54, 1.807) is 17.0 Å². The predicted octanol–water partition coefficient (Wildman–Crippen LogP) is 4.50. The van der Waals surface area contributed by atoms with Crippen molar-refractivity contribution in [3.63, 3.8) is 0 Å². The van der Waals surface area contributed by atoms with E-state index in [2.05, 4.69) is 18.7 Å². The van der Waals surface area contributed by atoms with Crippen molar-refractivity contribution in [3.8, 4) is 0 Å². The monoisotopic (exact) mass is 412 g/mol. The molecule has 0 aliphatic carbocycles. The molecule has 0 saturated heterocycles. The zero-order valence-electron chi connectivity index (χ0n) is 16.8. The molecule has 2 aromatic carbocycles. The van der Waals surface area contributed by atoms with Gasteiger partial charge in [-0.2, -0.15) is 0 Å². The number of para-hydroxylation sites is 2. The smallest absolute Gasteiger partial charge is 0.282 e. The molecule has 0 fully saturated rings. The average Bonchev–Trinajstić information content (AvgIpc) is 3.16. The van der Waals surface area contributed by atoms with Gasteiger partial charge in [-0.3, -0.25) is 19.8 Å². The van der Waals surface area contributed by atoms with Gasteiger partial charge in [-0.15, -0.1) is 0 Å². The summed E-state index contributed by atoms with van der Waals surface area (Å²) in [6.07, 6.45) is 0. The van der Waals surface area contributed by atoms with Crippen LogP contribution >= 0.6 is 11.3 Å². The highest BCUT2D eigenvalue weighted by atomic mass is 32.1. The predicted molar refractivity (Wildman–Crippen MR) is 117 cm³/mol. The summed E-state index contributed by atoms with van der Waals surface area (Å²) in [5, 5.41) is 12.0. The van der Waals surface area contributed by atoms with Gasteiger partial charge in [0.2, 0.25) is 0 Å². The molecular formula is C21H24N4O3S. The van der Waals surface area contributed by atoms with E-state index in [0.29, 0.717) is 18.2 Å². The number of likely N-dealkylation sites (N-methyl/N-ethyl adjacent to an activating group) is 1. The highest BCUT2D eigenvalue weighted by Crippen LogP contribution is 2.32. The summed E-state index contributed by atoms with van der Waals surface area (Å²) >= 11 is 1.43. The maximum atomic E-state index is 13.4. The molecule has 3 aromatic rings. The molecule has 152 valence electrons. The number of rotatable bonds is 8. The van der Waals surface area contributed by atoms with Gasteiger partial charge in [0, 0.05) is 19.2 Å². The topological polar surface area (TPSA) is 79.6 Å². The first-order valence-corrected chi connectivity index (χ1v) is 10.4. The zero-order chi connectivity index (χ0) is 21.0. The molecule has 0 aliphatic heterocycles. The molecule has 1 amide bonds. The summed E-state index contributed by atoms with van der Waals surface area (Å²) in [7, 11) is 0. The van der Waals surface area contributed by atoms with E-state index >= 15 is 0 Å². The van der Waals surface area contributed by atoms with Gasteiger partial charge in [0.1, 0.15) is 5.56 Å². The van der Waals surface area contributed by atoms with Crippen molar-refractivity contribution in [2.75, 3.05) is 31.1 Å². The van der Waals surface area contributed by atoms with Gasteiger partial charge < -0.3 is 4.90 Å². The number of carbonyl (C=O) groups excluding carboxylic acids is 1. The van der Waals surface area contributed by atoms with Crippen LogP contribution in [-0.4, -0.2) is 46.9 Å². The van der Waals surface area contributed by atoms with Gasteiger partial charge in [0.15, 0.2) is 5.13 Å². The molecular weight excluding hydrogens is 388 g/mol. The number of aromatic nitrogens is 1. The summed E-state index contributed by atoms with van der Waals surface area (Å²) in [6, 6.07) is 12.0. The summed E-state index contributed by atoms with van der Waals surface area (Å²) < 4.78 is 0.989. The third-order valence-electron chi connectivity index (χ3n) is 4.95. The lowest BCUT2D eigenvalue weighted by molar-refractivity contribution is -0.385. The normalized spacial score (nSPS) is 11.2. The molecule has 0 N–H and O–H groups in total. The van der Waals surface area contributed by atoms with E-state index < -0.39 is 10.8 Å². The molecule has 1 heterocycles. The van der Waals surface area contributed by atoms with Crippen molar-refractivity contribution in [1.29, 1.82) is 0 Å². The van der Waals surface area contributed by atoms with Crippen molar-refractivity contribution >= 4 is 38.3 Å². The van der Waals surface area contributed by atoms with Crippen LogP contribution in [0.1, 0.15) is 29.8 Å². The Bertz CT molecular complexity index is 1030. The Balaban J connectivity index is 2.04. The number of carbonyl (C=O) groups is 1. The number of benzene rings is 2. The minimum absolute atomic E-state index is 0.0769. The molecule has 0 radical (unpaired) electrons. The zero-order valence-corrected chi connectivity index (χ0v) is 17.6. The van der Waals surface area contributed by atoms with E-state index in [1.807, 2.05) is 25.1 Å². The second-order valence-corrected chi connectivity index (χ2v) is 7.69. The standard InChI is InChI=1S/C21H24N4O3S/c1-4-23(5-2)13-14-24(20(26)16-10-6-7-11-17(16)25(27)28)21-22-19-15(3)9-8-12-18(19)29-21/h6-12H,4-5,13-14H2,1-3H3. The van der Waals surface area contributed by atoms with Crippen molar-refractivity contribution in [2.24, 2.45) is 0 Å². The number of nitrogens with zero attached hydrogens (tertiary/aromatic N) is 4. The Morgan fingerprint density at radius 1 is 1.10 bits per heavy atom. The van der Waals surface area contributed by atoms with Crippen LogP contribution < -0.4 is 4.90 Å². The molecule has 0 spiro atoms. The van der Waals surface area contributed by atoms with E-state index in [0.717, 1.165) is 28.9 Å². The van der Waals surface area contributed by atoms with Gasteiger partial charge in [-0.1, -0.05) is 49.4 Å². The van der Waals surface area contributed by atoms with Gasteiger partial charge in [0.25, 0.3) is 11.6 Å². The maximum absolute atomic E-state index is 13.4. The summed E-state index contributed by atoms with van der Waals surface area (Å²) in [5.74, 6) is -0.402. The van der Waals surface area contributed by atoms with Crippen LogP contribution in [0.15, 0.2) is 42.5 Å². The number of hydrogen-bond acceptors (Lipinski definition) is 6. The first-order valence-electron chi connectivity index (χ1n) is 9.60. The lowest BCUT2D eigenvalue weighted by atomic mass is 10.1. The SMILES string of the molecule is CCN(CC)CCN(C(=O)c1ccccc1[N+](=O)[O-])c1nc2c(C)cccc2s1. The minimum Gasteiger partial charge on any atom is -0.302 e. The lowest BCUT2D eigenvalue weighted by Gasteiger charge is -2.24. The Labute approximate surface area is 173 Å². The molecule has 0 bridgehead atoms. The van der Waals surface area contributed by atoms with Crippen molar-refractivity contribution in [3.05, 3.63) is 63.7 Å². The molecule has 3 rings (SSSR count). The van der Waals surface area contributed by atoms with E-state index in [4.69, 9.17) is 4.98 Å². The number of nitro benzene ring substituents is 1. The fourth-order valence-electron chi connectivity index (χ4n) is 3.21. The molecule has 29 heavy (non-hydrogen) atoms. The maximum Gasteiger partial charge on any atom is 0.282 e. The van der Waals surface area contributed by atoms with Crippen molar-refractivity contribution < 1.29 is 9.72 Å². The van der Waals surface area contributed by atoms with Crippen LogP contribution in [0.5, 0.6) is 0 Å². The first kappa shape index (κ1) is 20.9. The molecule has 8 heteroatoms. The van der Waals surface area contributed by atoms with Crippen molar-refractivity contribution in [2.45, 2.75) is 20.8 Å². The molecule has 0 aliphatic rings. The number of hydrogen-bond donors (Lipinski definition) is 0. The number of nitro groups is 1. The van der Waals surface area contributed by atoms with Crippen LogP contribution in [-0.2, 0) is 0 Å². The van der Waals surface area contributed by atoms with E-state index in [9.17, 15) is 14.9 Å². The Hall–Kier alpha value is -2.84. The van der Waals surface area contributed by atoms with Gasteiger partial charge in [-0.25, -0.2) is 4.98 Å². The number of aryl methyl sites for hydroxylation is 1. The molecule has 0 saturated carbocycles. The van der Waals surface area contributed by atoms with Crippen LogP contribution in [0, 0.1) is 17.0 Å². The summed E-state index contributed by atoms with van der Waals surface area (Å²) in [6.45, 7) is 8.92. The van der Waals surface area contributed by atoms with Gasteiger partial charge in [0.05, 0.1) is 15.1 Å². The number of thiazole rings is 1. The van der Waals surface area contributed by atoms with Crippen LogP contribution in [0.25, 0.3) is 10.2 Å². The average molecular weight is 413 g/mol. The molecule has 7 nitrogen and oxygen atoms in total. The molecule has 1 aromatic heterocycles. The quantitative estimate of drug-likeness (QED) is 0.402. The number of fused-ring (bicyclic) bond motifs is 1. The fraction of sp³-hybridized carbons (Fsp3) is 0.333. The first-order chi connectivity index (χ1) is 14.0. The molecule has 0 unspecified atom stereocenters. The molecule has 0 atom stereocenters. The van der Waals surface area contributed by atoms with Gasteiger partial charge in [-0.05, 0) is 37.7 Å². The highest BCUT2D eigenvalue weighted by Gasteiger charge is 2.27. The lowest BCUT2D eigenvalue weighted by Crippen LogP contribution is -2.39.